The van der Waals surface area contributed by atoms with E-state index in [9.17, 15) is 4.79 Å². The average molecular weight is 251 g/mol. The van der Waals surface area contributed by atoms with Crippen molar-refractivity contribution in [2.24, 2.45) is 0 Å². The van der Waals surface area contributed by atoms with Crippen LogP contribution in [0.1, 0.15) is 42.7 Å². The molecule has 5 heteroatoms. The molecule has 0 unspecified atom stereocenters. The van der Waals surface area contributed by atoms with Gasteiger partial charge in [0.2, 0.25) is 0 Å². The molecule has 2 amide bonds. The van der Waals surface area contributed by atoms with Crippen molar-refractivity contribution in [3.8, 4) is 0 Å². The van der Waals surface area contributed by atoms with Crippen molar-refractivity contribution < 1.29 is 9.32 Å². The van der Waals surface area contributed by atoms with Gasteiger partial charge < -0.3 is 14.7 Å². The molecule has 0 radical (unpaired) electrons. The van der Waals surface area contributed by atoms with Gasteiger partial charge >= 0.3 is 6.03 Å². The van der Waals surface area contributed by atoms with E-state index in [-0.39, 0.29) is 6.03 Å². The summed E-state index contributed by atoms with van der Waals surface area (Å²) in [6.07, 6.45) is 4.68. The van der Waals surface area contributed by atoms with Crippen molar-refractivity contribution in [2.75, 3.05) is 13.1 Å². The molecule has 100 valence electrons. The predicted molar refractivity (Wildman–Crippen MR) is 68.3 cm³/mol. The molecular weight excluding hydrogens is 230 g/mol. The molecule has 5 nitrogen and oxygen atoms in total. The Bertz CT molecular complexity index is 387. The summed E-state index contributed by atoms with van der Waals surface area (Å²) in [5.41, 5.74) is 1.84. The fraction of sp³-hybridized carbons (Fsp3) is 0.692. The van der Waals surface area contributed by atoms with E-state index in [1.807, 2.05) is 18.7 Å². The van der Waals surface area contributed by atoms with Gasteiger partial charge in [-0.3, -0.25) is 0 Å². The van der Waals surface area contributed by atoms with Gasteiger partial charge in [0.1, 0.15) is 5.76 Å². The number of aromatic nitrogens is 1. The molecule has 1 fully saturated rings. The molecule has 1 saturated heterocycles. The van der Waals surface area contributed by atoms with Crippen molar-refractivity contribution in [3.05, 3.63) is 17.0 Å². The standard InChI is InChI=1S/C13H21N3O2/c1-10-12(11(2)18-15-10)9-14-13(17)16-7-5-3-4-6-8-16/h3-9H2,1-2H3,(H,14,17). The molecule has 1 aromatic rings. The summed E-state index contributed by atoms with van der Waals surface area (Å²) >= 11 is 0. The minimum Gasteiger partial charge on any atom is -0.361 e. The third-order valence-electron chi connectivity index (χ3n) is 3.49. The molecule has 2 rings (SSSR count). The van der Waals surface area contributed by atoms with Crippen molar-refractivity contribution in [3.63, 3.8) is 0 Å². The fourth-order valence-corrected chi connectivity index (χ4v) is 2.30. The maximum Gasteiger partial charge on any atom is 0.317 e. The molecule has 0 bridgehead atoms. The quantitative estimate of drug-likeness (QED) is 0.878. The lowest BCUT2D eigenvalue weighted by atomic mass is 10.2. The van der Waals surface area contributed by atoms with Gasteiger partial charge in [0.05, 0.1) is 5.69 Å². The average Bonchev–Trinajstić information content (AvgIpc) is 2.61. The zero-order chi connectivity index (χ0) is 13.0. The number of nitrogens with one attached hydrogen (secondary N) is 1. The summed E-state index contributed by atoms with van der Waals surface area (Å²) in [6.45, 7) is 5.99. The normalized spacial score (nSPS) is 16.4. The Balaban J connectivity index is 1.87. The van der Waals surface area contributed by atoms with Crippen LogP contribution in [0, 0.1) is 13.8 Å². The van der Waals surface area contributed by atoms with Gasteiger partial charge in [0.15, 0.2) is 0 Å². The smallest absolute Gasteiger partial charge is 0.317 e. The second kappa shape index (κ2) is 5.89. The first-order chi connectivity index (χ1) is 8.68. The van der Waals surface area contributed by atoms with Gasteiger partial charge in [0.25, 0.3) is 0 Å². The number of urea groups is 1. The Kier molecular flexibility index (Phi) is 4.23. The summed E-state index contributed by atoms with van der Waals surface area (Å²) in [6, 6.07) is 0.0249. The minimum absolute atomic E-state index is 0.0249. The van der Waals surface area contributed by atoms with Gasteiger partial charge in [-0.25, -0.2) is 4.79 Å². The molecule has 1 aliphatic heterocycles. The van der Waals surface area contributed by atoms with Gasteiger partial charge in [-0.2, -0.15) is 0 Å². The fourth-order valence-electron chi connectivity index (χ4n) is 2.30. The number of hydrogen-bond donors (Lipinski definition) is 1. The Morgan fingerprint density at radius 3 is 2.50 bits per heavy atom. The van der Waals surface area contributed by atoms with Crippen LogP contribution in [0.5, 0.6) is 0 Å². The lowest BCUT2D eigenvalue weighted by Gasteiger charge is -2.20. The zero-order valence-corrected chi connectivity index (χ0v) is 11.2. The summed E-state index contributed by atoms with van der Waals surface area (Å²) in [4.78, 5) is 13.9. The van der Waals surface area contributed by atoms with Gasteiger partial charge in [0, 0.05) is 25.2 Å². The SMILES string of the molecule is Cc1noc(C)c1CNC(=O)N1CCCCCC1. The van der Waals surface area contributed by atoms with Gasteiger partial charge in [-0.1, -0.05) is 18.0 Å². The lowest BCUT2D eigenvalue weighted by Crippen LogP contribution is -2.40. The number of amides is 2. The van der Waals surface area contributed by atoms with E-state index < -0.39 is 0 Å². The molecule has 1 aromatic heterocycles. The monoisotopic (exact) mass is 251 g/mol. The molecule has 0 aliphatic carbocycles. The number of likely N-dealkylation sites (tertiary alicyclic amines) is 1. The topological polar surface area (TPSA) is 58.4 Å². The molecular formula is C13H21N3O2. The van der Waals surface area contributed by atoms with E-state index in [4.69, 9.17) is 4.52 Å². The molecule has 0 aromatic carbocycles. The molecule has 0 saturated carbocycles. The Labute approximate surface area is 108 Å². The Morgan fingerprint density at radius 2 is 1.94 bits per heavy atom. The van der Waals surface area contributed by atoms with Crippen LogP contribution in [-0.4, -0.2) is 29.2 Å². The molecule has 1 aliphatic rings. The van der Waals surface area contributed by atoms with Crippen LogP contribution in [0.25, 0.3) is 0 Å². The number of carbonyl (C=O) groups is 1. The number of nitrogens with zero attached hydrogens (tertiary/aromatic N) is 2. The summed E-state index contributed by atoms with van der Waals surface area (Å²) < 4.78 is 5.08. The van der Waals surface area contributed by atoms with Crippen LogP contribution in [0.15, 0.2) is 4.52 Å². The maximum absolute atomic E-state index is 12.0. The highest BCUT2D eigenvalue weighted by Crippen LogP contribution is 2.13. The molecule has 2 heterocycles. The summed E-state index contributed by atoms with van der Waals surface area (Å²) in [7, 11) is 0. The van der Waals surface area contributed by atoms with Crippen molar-refractivity contribution in [1.29, 1.82) is 0 Å². The lowest BCUT2D eigenvalue weighted by molar-refractivity contribution is 0.199. The van der Waals surface area contributed by atoms with Crippen LogP contribution in [0.4, 0.5) is 4.79 Å². The third kappa shape index (κ3) is 3.03. The van der Waals surface area contributed by atoms with E-state index in [2.05, 4.69) is 10.5 Å². The van der Waals surface area contributed by atoms with Gasteiger partial charge in [-0.05, 0) is 26.7 Å². The highest BCUT2D eigenvalue weighted by atomic mass is 16.5. The molecule has 1 N–H and O–H groups in total. The largest absolute Gasteiger partial charge is 0.361 e. The first-order valence-electron chi connectivity index (χ1n) is 6.63. The van der Waals surface area contributed by atoms with E-state index in [0.717, 1.165) is 42.9 Å². The molecule has 0 atom stereocenters. The van der Waals surface area contributed by atoms with Gasteiger partial charge in [-0.15, -0.1) is 0 Å². The zero-order valence-electron chi connectivity index (χ0n) is 11.2. The first kappa shape index (κ1) is 12.9. The van der Waals surface area contributed by atoms with Crippen molar-refractivity contribution in [1.82, 2.24) is 15.4 Å². The van der Waals surface area contributed by atoms with E-state index in [1.165, 1.54) is 12.8 Å². The third-order valence-corrected chi connectivity index (χ3v) is 3.49. The second-order valence-electron chi connectivity index (χ2n) is 4.86. The van der Waals surface area contributed by atoms with E-state index >= 15 is 0 Å². The highest BCUT2D eigenvalue weighted by Gasteiger charge is 2.16. The summed E-state index contributed by atoms with van der Waals surface area (Å²) in [5.74, 6) is 0.781. The Hall–Kier alpha value is -1.52. The molecule has 18 heavy (non-hydrogen) atoms. The number of aryl methyl sites for hydroxylation is 2. The Morgan fingerprint density at radius 1 is 1.28 bits per heavy atom. The molecule has 0 spiro atoms. The number of rotatable bonds is 2. The predicted octanol–water partition coefficient (Wildman–Crippen LogP) is 2.38. The second-order valence-corrected chi connectivity index (χ2v) is 4.86. The number of hydrogen-bond acceptors (Lipinski definition) is 3. The first-order valence-corrected chi connectivity index (χ1v) is 6.63. The van der Waals surface area contributed by atoms with Crippen LogP contribution in [0.3, 0.4) is 0 Å². The van der Waals surface area contributed by atoms with Crippen LogP contribution in [-0.2, 0) is 6.54 Å². The van der Waals surface area contributed by atoms with Crippen LogP contribution >= 0.6 is 0 Å². The van der Waals surface area contributed by atoms with Crippen LogP contribution < -0.4 is 5.32 Å². The highest BCUT2D eigenvalue weighted by molar-refractivity contribution is 5.74. The van der Waals surface area contributed by atoms with Crippen molar-refractivity contribution in [2.45, 2.75) is 46.1 Å². The maximum atomic E-state index is 12.0. The van der Waals surface area contributed by atoms with E-state index in [1.54, 1.807) is 0 Å². The van der Waals surface area contributed by atoms with Crippen LogP contribution in [0.2, 0.25) is 0 Å². The number of carbonyl (C=O) groups excluding carboxylic acids is 1. The van der Waals surface area contributed by atoms with Crippen molar-refractivity contribution >= 4 is 6.03 Å². The summed E-state index contributed by atoms with van der Waals surface area (Å²) in [5, 5.41) is 6.83. The van der Waals surface area contributed by atoms with E-state index in [0.29, 0.717) is 6.54 Å². The minimum atomic E-state index is 0.0249.